The van der Waals surface area contributed by atoms with Crippen molar-refractivity contribution in [2.24, 2.45) is 0 Å². The summed E-state index contributed by atoms with van der Waals surface area (Å²) in [6.45, 7) is 1.58. The number of nitrogens with zero attached hydrogens (tertiary/aromatic N) is 5. The largest absolute Gasteiger partial charge is 0.394 e. The van der Waals surface area contributed by atoms with E-state index >= 15 is 0 Å². The highest BCUT2D eigenvalue weighted by molar-refractivity contribution is 5.97. The van der Waals surface area contributed by atoms with Crippen LogP contribution in [-0.4, -0.2) is 75.6 Å². The monoisotopic (exact) mass is 406 g/mol. The Labute approximate surface area is 173 Å². The smallest absolute Gasteiger partial charge is 0.270 e. The molecule has 154 valence electrons. The zero-order valence-corrected chi connectivity index (χ0v) is 16.3. The summed E-state index contributed by atoms with van der Waals surface area (Å²) < 4.78 is 0. The molecule has 2 aromatic heterocycles. The average Bonchev–Trinajstić information content (AvgIpc) is 2.82. The minimum absolute atomic E-state index is 0.200. The Morgan fingerprint density at radius 2 is 1.73 bits per heavy atom. The predicted octanol–water partition coefficient (Wildman–Crippen LogP) is 0.464. The van der Waals surface area contributed by atoms with Gasteiger partial charge in [0.2, 0.25) is 11.9 Å². The molecule has 0 bridgehead atoms. The molecule has 1 aliphatic heterocycles. The number of piperazine rings is 1. The van der Waals surface area contributed by atoms with Crippen LogP contribution >= 0.6 is 0 Å². The molecule has 0 spiro atoms. The van der Waals surface area contributed by atoms with Gasteiger partial charge >= 0.3 is 0 Å². The molecular weight excluding hydrogens is 384 g/mol. The third-order valence-electron chi connectivity index (χ3n) is 5.04. The minimum atomic E-state index is -1.02. The van der Waals surface area contributed by atoms with Crippen LogP contribution in [0.4, 0.5) is 5.95 Å². The van der Waals surface area contributed by atoms with Crippen LogP contribution in [0.3, 0.4) is 0 Å². The van der Waals surface area contributed by atoms with Crippen molar-refractivity contribution in [2.75, 3.05) is 37.7 Å². The van der Waals surface area contributed by atoms with Crippen molar-refractivity contribution in [3.05, 3.63) is 60.6 Å². The quantitative estimate of drug-likeness (QED) is 0.633. The number of aliphatic hydroxyl groups is 1. The van der Waals surface area contributed by atoms with E-state index in [1.165, 1.54) is 0 Å². The van der Waals surface area contributed by atoms with Crippen LogP contribution in [0, 0.1) is 0 Å². The summed E-state index contributed by atoms with van der Waals surface area (Å²) in [7, 11) is 0. The Bertz CT molecular complexity index is 1040. The number of carbonyl (C=O) groups is 2. The molecule has 1 aromatic carbocycles. The number of benzene rings is 1. The third kappa shape index (κ3) is 4.20. The number of aliphatic hydroxyl groups excluding tert-OH is 1. The van der Waals surface area contributed by atoms with E-state index in [-0.39, 0.29) is 11.6 Å². The van der Waals surface area contributed by atoms with Crippen LogP contribution < -0.4 is 10.2 Å². The first kappa shape index (κ1) is 19.7. The molecule has 1 fully saturated rings. The Balaban J connectivity index is 1.38. The normalized spacial score (nSPS) is 15.1. The van der Waals surface area contributed by atoms with Crippen molar-refractivity contribution < 1.29 is 14.7 Å². The average molecular weight is 406 g/mol. The highest BCUT2D eigenvalue weighted by atomic mass is 16.3. The first-order valence-electron chi connectivity index (χ1n) is 9.74. The number of anilines is 1. The van der Waals surface area contributed by atoms with Gasteiger partial charge < -0.3 is 20.2 Å². The van der Waals surface area contributed by atoms with Gasteiger partial charge in [-0.1, -0.05) is 24.3 Å². The summed E-state index contributed by atoms with van der Waals surface area (Å²) in [6, 6.07) is 11.6. The van der Waals surface area contributed by atoms with E-state index in [1.807, 2.05) is 29.2 Å². The molecule has 2 amide bonds. The number of nitrogens with one attached hydrogen (secondary N) is 1. The first-order valence-corrected chi connectivity index (χ1v) is 9.74. The van der Waals surface area contributed by atoms with E-state index in [1.54, 1.807) is 35.5 Å². The van der Waals surface area contributed by atoms with Crippen molar-refractivity contribution in [1.82, 2.24) is 25.2 Å². The van der Waals surface area contributed by atoms with E-state index in [9.17, 15) is 14.7 Å². The zero-order chi connectivity index (χ0) is 20.9. The Morgan fingerprint density at radius 1 is 1.00 bits per heavy atom. The fourth-order valence-corrected chi connectivity index (χ4v) is 3.41. The van der Waals surface area contributed by atoms with Gasteiger partial charge in [-0.2, -0.15) is 0 Å². The lowest BCUT2D eigenvalue weighted by Crippen LogP contribution is -2.56. The summed E-state index contributed by atoms with van der Waals surface area (Å²) in [4.78, 5) is 41.9. The lowest BCUT2D eigenvalue weighted by molar-refractivity contribution is -0.134. The van der Waals surface area contributed by atoms with Crippen molar-refractivity contribution in [3.8, 4) is 0 Å². The van der Waals surface area contributed by atoms with Crippen LogP contribution in [-0.2, 0) is 4.79 Å². The second kappa shape index (κ2) is 8.83. The standard InChI is InChI=1S/C21H22N6O3/c28-14-18(25-19(29)17-7-6-15-4-1-2-5-16(15)24-17)20(30)26-10-12-27(13-11-26)21-22-8-3-9-23-21/h1-9,18,28H,10-14H2,(H,25,29). The molecule has 4 rings (SSSR count). The van der Waals surface area contributed by atoms with Gasteiger partial charge in [-0.3, -0.25) is 9.59 Å². The number of hydrogen-bond acceptors (Lipinski definition) is 7. The SMILES string of the molecule is O=C(NC(CO)C(=O)N1CCN(c2ncccn2)CC1)c1ccc2ccccc2n1. The van der Waals surface area contributed by atoms with Gasteiger partial charge in [0.15, 0.2) is 0 Å². The summed E-state index contributed by atoms with van der Waals surface area (Å²) >= 11 is 0. The fourth-order valence-electron chi connectivity index (χ4n) is 3.41. The van der Waals surface area contributed by atoms with Gasteiger partial charge in [0.1, 0.15) is 11.7 Å². The number of amides is 2. The summed E-state index contributed by atoms with van der Waals surface area (Å²) in [5.41, 5.74) is 0.891. The minimum Gasteiger partial charge on any atom is -0.394 e. The molecule has 0 saturated carbocycles. The Morgan fingerprint density at radius 3 is 2.47 bits per heavy atom. The molecule has 9 heteroatoms. The maximum Gasteiger partial charge on any atom is 0.270 e. The van der Waals surface area contributed by atoms with Gasteiger partial charge in [-0.05, 0) is 18.2 Å². The molecule has 1 unspecified atom stereocenters. The number of carbonyl (C=O) groups excluding carboxylic acids is 2. The number of fused-ring (bicyclic) bond motifs is 1. The highest BCUT2D eigenvalue weighted by Crippen LogP contribution is 2.13. The van der Waals surface area contributed by atoms with E-state index < -0.39 is 18.6 Å². The molecule has 0 radical (unpaired) electrons. The second-order valence-corrected chi connectivity index (χ2v) is 6.96. The molecular formula is C21H22N6O3. The maximum absolute atomic E-state index is 12.8. The van der Waals surface area contributed by atoms with Gasteiger partial charge in [0.25, 0.3) is 5.91 Å². The van der Waals surface area contributed by atoms with E-state index in [0.29, 0.717) is 37.6 Å². The summed E-state index contributed by atoms with van der Waals surface area (Å²) in [5.74, 6) is -0.191. The lowest BCUT2D eigenvalue weighted by Gasteiger charge is -2.36. The Kier molecular flexibility index (Phi) is 5.80. The van der Waals surface area contributed by atoms with Gasteiger partial charge in [0.05, 0.1) is 12.1 Å². The van der Waals surface area contributed by atoms with Crippen LogP contribution in [0.25, 0.3) is 10.9 Å². The highest BCUT2D eigenvalue weighted by Gasteiger charge is 2.29. The van der Waals surface area contributed by atoms with Crippen LogP contribution in [0.2, 0.25) is 0 Å². The molecule has 9 nitrogen and oxygen atoms in total. The van der Waals surface area contributed by atoms with Crippen molar-refractivity contribution >= 4 is 28.7 Å². The molecule has 30 heavy (non-hydrogen) atoms. The number of para-hydroxylation sites is 1. The molecule has 2 N–H and O–H groups in total. The maximum atomic E-state index is 12.8. The van der Waals surface area contributed by atoms with Crippen LogP contribution in [0.5, 0.6) is 0 Å². The van der Waals surface area contributed by atoms with Crippen molar-refractivity contribution in [3.63, 3.8) is 0 Å². The summed E-state index contributed by atoms with van der Waals surface area (Å²) in [6.07, 6.45) is 3.36. The lowest BCUT2D eigenvalue weighted by atomic mass is 10.2. The topological polar surface area (TPSA) is 112 Å². The van der Waals surface area contributed by atoms with E-state index in [2.05, 4.69) is 20.3 Å². The zero-order valence-electron chi connectivity index (χ0n) is 16.3. The van der Waals surface area contributed by atoms with Gasteiger partial charge in [0, 0.05) is 44.0 Å². The van der Waals surface area contributed by atoms with Crippen molar-refractivity contribution in [2.45, 2.75) is 6.04 Å². The molecule has 1 aliphatic rings. The summed E-state index contributed by atoms with van der Waals surface area (Å²) in [5, 5.41) is 13.2. The second-order valence-electron chi connectivity index (χ2n) is 6.96. The number of hydrogen-bond donors (Lipinski definition) is 2. The molecule has 1 saturated heterocycles. The third-order valence-corrected chi connectivity index (χ3v) is 5.04. The first-order chi connectivity index (χ1) is 14.7. The Hall–Kier alpha value is -3.59. The van der Waals surface area contributed by atoms with Gasteiger partial charge in [-0.15, -0.1) is 0 Å². The van der Waals surface area contributed by atoms with E-state index in [4.69, 9.17) is 0 Å². The van der Waals surface area contributed by atoms with Crippen LogP contribution in [0.15, 0.2) is 54.9 Å². The van der Waals surface area contributed by atoms with Crippen molar-refractivity contribution in [1.29, 1.82) is 0 Å². The van der Waals surface area contributed by atoms with Gasteiger partial charge in [-0.25, -0.2) is 15.0 Å². The number of aromatic nitrogens is 3. The molecule has 3 aromatic rings. The predicted molar refractivity (Wildman–Crippen MR) is 111 cm³/mol. The molecule has 1 atom stereocenters. The fraction of sp³-hybridized carbons (Fsp3) is 0.286. The number of rotatable bonds is 5. The number of pyridine rings is 1. The molecule has 0 aliphatic carbocycles. The van der Waals surface area contributed by atoms with E-state index in [0.717, 1.165) is 5.39 Å². The molecule has 3 heterocycles. The van der Waals surface area contributed by atoms with Crippen LogP contribution in [0.1, 0.15) is 10.5 Å².